The first-order valence-corrected chi connectivity index (χ1v) is 9.62. The van der Waals surface area contributed by atoms with Crippen LogP contribution in [0.25, 0.3) is 0 Å². The molecule has 1 rings (SSSR count). The van der Waals surface area contributed by atoms with Crippen LogP contribution in [0, 0.1) is 6.92 Å². The van der Waals surface area contributed by atoms with E-state index in [1.165, 1.54) is 19.2 Å². The molecule has 1 aromatic carbocycles. The molecule has 1 unspecified atom stereocenters. The van der Waals surface area contributed by atoms with Gasteiger partial charge in [-0.15, -0.1) is 0 Å². The van der Waals surface area contributed by atoms with Gasteiger partial charge in [0, 0.05) is 13.6 Å². The molecule has 10 nitrogen and oxygen atoms in total. The number of nitrogens with zero attached hydrogens (tertiary/aromatic N) is 2. The number of amides is 1. The van der Waals surface area contributed by atoms with Crippen molar-refractivity contribution in [2.75, 3.05) is 20.1 Å². The fourth-order valence-corrected chi connectivity index (χ4v) is 3.48. The van der Waals surface area contributed by atoms with E-state index in [0.717, 1.165) is 10.5 Å². The highest BCUT2D eigenvalue weighted by Crippen LogP contribution is 2.13. The van der Waals surface area contributed by atoms with E-state index in [2.05, 4.69) is 9.71 Å². The Morgan fingerprint density at radius 3 is 2.37 bits per heavy atom. The zero-order valence-corrected chi connectivity index (χ0v) is 16.1. The average Bonchev–Trinajstić information content (AvgIpc) is 2.56. The molecular weight excluding hydrogens is 374 g/mol. The number of benzene rings is 1. The first-order chi connectivity index (χ1) is 12.5. The molecule has 0 spiro atoms. The highest BCUT2D eigenvalue weighted by molar-refractivity contribution is 7.89. The highest BCUT2D eigenvalue weighted by Gasteiger charge is 2.28. The Morgan fingerprint density at radius 1 is 1.26 bits per heavy atom. The normalized spacial score (nSPS) is 12.2. The summed E-state index contributed by atoms with van der Waals surface area (Å²) >= 11 is 0. The van der Waals surface area contributed by atoms with Gasteiger partial charge in [-0.3, -0.25) is 14.6 Å². The van der Waals surface area contributed by atoms with Crippen LogP contribution in [0.2, 0.25) is 0 Å². The van der Waals surface area contributed by atoms with Crippen molar-refractivity contribution in [3.8, 4) is 0 Å². The van der Waals surface area contributed by atoms with Gasteiger partial charge in [-0.2, -0.15) is 4.72 Å². The summed E-state index contributed by atoms with van der Waals surface area (Å²) in [6, 6.07) is 5.00. The summed E-state index contributed by atoms with van der Waals surface area (Å²) < 4.78 is 27.5. The quantitative estimate of drug-likeness (QED) is 0.228. The summed E-state index contributed by atoms with van der Waals surface area (Å²) in [6.45, 7) is 1.48. The molecule has 0 aliphatic carbocycles. The number of guanidine groups is 1. The zero-order valence-electron chi connectivity index (χ0n) is 15.3. The second kappa shape index (κ2) is 9.88. The molecule has 0 saturated carbocycles. The van der Waals surface area contributed by atoms with E-state index in [1.807, 2.05) is 6.92 Å². The third kappa shape index (κ3) is 7.62. The van der Waals surface area contributed by atoms with Crippen LogP contribution in [-0.4, -0.2) is 62.4 Å². The second-order valence-corrected chi connectivity index (χ2v) is 7.74. The van der Waals surface area contributed by atoms with Crippen molar-refractivity contribution in [1.82, 2.24) is 9.62 Å². The zero-order chi connectivity index (χ0) is 20.6. The lowest BCUT2D eigenvalue weighted by Crippen LogP contribution is -2.48. The maximum Gasteiger partial charge on any atom is 0.323 e. The molecule has 0 aliphatic heterocycles. The van der Waals surface area contributed by atoms with Crippen LogP contribution in [0.3, 0.4) is 0 Å². The van der Waals surface area contributed by atoms with Gasteiger partial charge in [0.1, 0.15) is 12.6 Å². The van der Waals surface area contributed by atoms with Crippen LogP contribution in [0.1, 0.15) is 18.4 Å². The summed E-state index contributed by atoms with van der Waals surface area (Å²) in [7, 11) is -2.68. The first kappa shape index (κ1) is 22.4. The number of aryl methyl sites for hydroxylation is 1. The molecule has 0 heterocycles. The second-order valence-electron chi connectivity index (χ2n) is 6.02. The number of hydrogen-bond donors (Lipinski definition) is 4. The van der Waals surface area contributed by atoms with Gasteiger partial charge in [0.2, 0.25) is 15.9 Å². The van der Waals surface area contributed by atoms with E-state index in [4.69, 9.17) is 16.6 Å². The van der Waals surface area contributed by atoms with Crippen LogP contribution >= 0.6 is 0 Å². The molecule has 0 saturated heterocycles. The van der Waals surface area contributed by atoms with Gasteiger partial charge in [0.25, 0.3) is 0 Å². The molecule has 0 fully saturated rings. The fraction of sp³-hybridized carbons (Fsp3) is 0.438. The number of carboxylic acids is 1. The lowest BCUT2D eigenvalue weighted by Gasteiger charge is -2.23. The molecule has 150 valence electrons. The van der Waals surface area contributed by atoms with Gasteiger partial charge in [0.15, 0.2) is 5.96 Å². The molecule has 0 bridgehead atoms. The number of aliphatic carboxylic acids is 1. The summed E-state index contributed by atoms with van der Waals surface area (Å²) in [4.78, 5) is 28.1. The van der Waals surface area contributed by atoms with Crippen molar-refractivity contribution in [3.63, 3.8) is 0 Å². The molecule has 0 aliphatic rings. The molecule has 1 atom stereocenters. The smallest absolute Gasteiger partial charge is 0.323 e. The van der Waals surface area contributed by atoms with Gasteiger partial charge in [-0.05, 0) is 31.9 Å². The standard InChI is InChI=1S/C16H25N5O5S/c1-11-5-7-12(8-6-11)27(25,26)20-13(4-3-9-19-16(17)18)15(24)21(2)10-14(22)23/h5-8,13,20H,3-4,9-10H2,1-2H3,(H,22,23)(H4,17,18,19). The summed E-state index contributed by atoms with van der Waals surface area (Å²) in [5.74, 6) is -1.97. The van der Waals surface area contributed by atoms with Crippen molar-refractivity contribution in [2.45, 2.75) is 30.7 Å². The first-order valence-electron chi connectivity index (χ1n) is 8.14. The molecule has 11 heteroatoms. The minimum Gasteiger partial charge on any atom is -0.480 e. The minimum atomic E-state index is -3.97. The van der Waals surface area contributed by atoms with Gasteiger partial charge < -0.3 is 21.5 Å². The number of nitrogens with one attached hydrogen (secondary N) is 1. The minimum absolute atomic E-state index is 0.0102. The van der Waals surface area contributed by atoms with E-state index >= 15 is 0 Å². The van der Waals surface area contributed by atoms with Crippen LogP contribution in [0.4, 0.5) is 0 Å². The molecule has 6 N–H and O–H groups in total. The Kier molecular flexibility index (Phi) is 8.19. The molecule has 0 radical (unpaired) electrons. The maximum atomic E-state index is 12.6. The predicted molar refractivity (Wildman–Crippen MR) is 100 cm³/mol. The number of rotatable bonds is 10. The largest absolute Gasteiger partial charge is 0.480 e. The molecular formula is C16H25N5O5S. The number of sulfonamides is 1. The lowest BCUT2D eigenvalue weighted by atomic mass is 10.1. The SMILES string of the molecule is Cc1ccc(S(=O)(=O)NC(CCCN=C(N)N)C(=O)N(C)CC(=O)O)cc1. The number of likely N-dealkylation sites (N-methyl/N-ethyl adjacent to an activating group) is 1. The number of carbonyl (C=O) groups is 2. The number of aliphatic imine (C=N–C) groups is 1. The van der Waals surface area contributed by atoms with Gasteiger partial charge >= 0.3 is 5.97 Å². The Balaban J connectivity index is 2.97. The summed E-state index contributed by atoms with van der Waals surface area (Å²) in [5, 5.41) is 8.85. The van der Waals surface area contributed by atoms with E-state index in [-0.39, 0.29) is 23.8 Å². The number of carboxylic acid groups (broad SMARTS) is 1. The van der Waals surface area contributed by atoms with Gasteiger partial charge in [0.05, 0.1) is 4.90 Å². The van der Waals surface area contributed by atoms with E-state index in [9.17, 15) is 18.0 Å². The lowest BCUT2D eigenvalue weighted by molar-refractivity contribution is -0.144. The van der Waals surface area contributed by atoms with E-state index < -0.39 is 34.5 Å². The molecule has 1 amide bonds. The molecule has 0 aromatic heterocycles. The predicted octanol–water partition coefficient (Wildman–Crippen LogP) is -0.761. The number of hydrogen-bond acceptors (Lipinski definition) is 5. The number of nitrogens with two attached hydrogens (primary N) is 2. The van der Waals surface area contributed by atoms with Crippen molar-refractivity contribution in [2.24, 2.45) is 16.5 Å². The fourth-order valence-electron chi connectivity index (χ4n) is 2.26. The average molecular weight is 399 g/mol. The van der Waals surface area contributed by atoms with Gasteiger partial charge in [-0.1, -0.05) is 17.7 Å². The Labute approximate surface area is 158 Å². The highest BCUT2D eigenvalue weighted by atomic mass is 32.2. The van der Waals surface area contributed by atoms with E-state index in [1.54, 1.807) is 12.1 Å². The van der Waals surface area contributed by atoms with Crippen LogP contribution < -0.4 is 16.2 Å². The monoisotopic (exact) mass is 399 g/mol. The van der Waals surface area contributed by atoms with Crippen molar-refractivity contribution >= 4 is 27.9 Å². The molecule has 1 aromatic rings. The third-order valence-electron chi connectivity index (χ3n) is 3.62. The summed E-state index contributed by atoms with van der Waals surface area (Å²) in [5.41, 5.74) is 11.4. The van der Waals surface area contributed by atoms with Crippen molar-refractivity contribution in [3.05, 3.63) is 29.8 Å². The van der Waals surface area contributed by atoms with Crippen LogP contribution in [0.15, 0.2) is 34.2 Å². The Morgan fingerprint density at radius 2 is 1.85 bits per heavy atom. The number of carbonyl (C=O) groups excluding carboxylic acids is 1. The topological polar surface area (TPSA) is 168 Å². The van der Waals surface area contributed by atoms with Gasteiger partial charge in [-0.25, -0.2) is 8.42 Å². The summed E-state index contributed by atoms with van der Waals surface area (Å²) in [6.07, 6.45) is 0.427. The van der Waals surface area contributed by atoms with Crippen molar-refractivity contribution in [1.29, 1.82) is 0 Å². The van der Waals surface area contributed by atoms with E-state index in [0.29, 0.717) is 6.42 Å². The van der Waals surface area contributed by atoms with Crippen LogP contribution in [-0.2, 0) is 19.6 Å². The Bertz CT molecular complexity index is 788. The van der Waals surface area contributed by atoms with Crippen LogP contribution in [0.5, 0.6) is 0 Å². The Hall–Kier alpha value is -2.66. The maximum absolute atomic E-state index is 12.6. The third-order valence-corrected chi connectivity index (χ3v) is 5.11. The van der Waals surface area contributed by atoms with Crippen molar-refractivity contribution < 1.29 is 23.1 Å². The molecule has 27 heavy (non-hydrogen) atoms.